The average Bonchev–Trinajstić information content (AvgIpc) is 2.48. The molecule has 0 spiro atoms. The van der Waals surface area contributed by atoms with Crippen molar-refractivity contribution in [2.45, 2.75) is 38.4 Å². The zero-order valence-corrected chi connectivity index (χ0v) is 8.90. The van der Waals surface area contributed by atoms with Gasteiger partial charge < -0.3 is 14.7 Å². The maximum atomic E-state index is 10.3. The molecular weight excluding hydrogens is 182 g/mol. The van der Waals surface area contributed by atoms with Crippen molar-refractivity contribution in [3.8, 4) is 0 Å². The molecule has 4 nitrogen and oxygen atoms in total. The molecule has 0 aromatic heterocycles. The van der Waals surface area contributed by atoms with E-state index in [-0.39, 0.29) is 6.42 Å². The van der Waals surface area contributed by atoms with Crippen molar-refractivity contribution in [1.29, 1.82) is 0 Å². The van der Waals surface area contributed by atoms with Crippen LogP contribution in [0.25, 0.3) is 0 Å². The Bertz CT molecular complexity index is 196. The highest BCUT2D eigenvalue weighted by atomic mass is 16.5. The van der Waals surface area contributed by atoms with Crippen molar-refractivity contribution < 1.29 is 14.6 Å². The van der Waals surface area contributed by atoms with Crippen LogP contribution in [0.3, 0.4) is 0 Å². The van der Waals surface area contributed by atoms with Crippen LogP contribution in [-0.4, -0.2) is 48.3 Å². The molecule has 0 aromatic rings. The van der Waals surface area contributed by atoms with Gasteiger partial charge in [0.2, 0.25) is 0 Å². The second-order valence-electron chi connectivity index (χ2n) is 4.05. The van der Waals surface area contributed by atoms with E-state index in [0.717, 1.165) is 19.4 Å². The maximum Gasteiger partial charge on any atom is 0.304 e. The zero-order valence-electron chi connectivity index (χ0n) is 8.90. The second-order valence-corrected chi connectivity index (χ2v) is 4.05. The van der Waals surface area contributed by atoms with Gasteiger partial charge in [-0.25, -0.2) is 0 Å². The van der Waals surface area contributed by atoms with E-state index >= 15 is 0 Å². The molecule has 0 saturated carbocycles. The fourth-order valence-electron chi connectivity index (χ4n) is 1.74. The number of hydrogen-bond acceptors (Lipinski definition) is 3. The molecule has 2 unspecified atom stereocenters. The van der Waals surface area contributed by atoms with Gasteiger partial charge in [-0.2, -0.15) is 0 Å². The van der Waals surface area contributed by atoms with Crippen LogP contribution in [0.15, 0.2) is 0 Å². The van der Waals surface area contributed by atoms with Gasteiger partial charge in [0.25, 0.3) is 0 Å². The molecule has 2 atom stereocenters. The second kappa shape index (κ2) is 5.32. The third-order valence-corrected chi connectivity index (χ3v) is 2.54. The Morgan fingerprint density at radius 3 is 2.79 bits per heavy atom. The molecule has 1 N–H and O–H groups in total. The lowest BCUT2D eigenvalue weighted by atomic mass is 10.2. The number of likely N-dealkylation sites (N-methyl/N-ethyl adjacent to an activating group) is 1. The van der Waals surface area contributed by atoms with Crippen molar-refractivity contribution in [3.63, 3.8) is 0 Å². The Hall–Kier alpha value is -0.610. The molecule has 0 amide bonds. The fourth-order valence-corrected chi connectivity index (χ4v) is 1.74. The van der Waals surface area contributed by atoms with Gasteiger partial charge in [0.15, 0.2) is 0 Å². The third-order valence-electron chi connectivity index (χ3n) is 2.54. The van der Waals surface area contributed by atoms with Gasteiger partial charge in [0.05, 0.1) is 18.6 Å². The van der Waals surface area contributed by atoms with Crippen LogP contribution in [0.2, 0.25) is 0 Å². The largest absolute Gasteiger partial charge is 0.481 e. The van der Waals surface area contributed by atoms with Crippen molar-refractivity contribution in [1.82, 2.24) is 4.90 Å². The average molecular weight is 201 g/mol. The lowest BCUT2D eigenvalue weighted by Gasteiger charge is -2.20. The number of carboxylic acid groups (broad SMARTS) is 1. The van der Waals surface area contributed by atoms with E-state index in [1.807, 2.05) is 11.9 Å². The first-order chi connectivity index (χ1) is 6.58. The van der Waals surface area contributed by atoms with E-state index in [9.17, 15) is 4.79 Å². The molecule has 0 aromatic carbocycles. The fraction of sp³-hybridized carbons (Fsp3) is 0.900. The van der Waals surface area contributed by atoms with E-state index in [4.69, 9.17) is 9.84 Å². The third kappa shape index (κ3) is 4.07. The molecule has 82 valence electrons. The van der Waals surface area contributed by atoms with Gasteiger partial charge in [-0.05, 0) is 26.8 Å². The molecule has 1 heterocycles. The van der Waals surface area contributed by atoms with Crippen LogP contribution < -0.4 is 0 Å². The predicted molar refractivity (Wildman–Crippen MR) is 53.3 cm³/mol. The van der Waals surface area contributed by atoms with Crippen molar-refractivity contribution in [2.24, 2.45) is 0 Å². The molecule has 4 heteroatoms. The predicted octanol–water partition coefficient (Wildman–Crippen LogP) is 0.960. The topological polar surface area (TPSA) is 49.8 Å². The monoisotopic (exact) mass is 201 g/mol. The number of hydrogen-bond donors (Lipinski definition) is 1. The molecule has 0 radical (unpaired) electrons. The van der Waals surface area contributed by atoms with Crippen molar-refractivity contribution in [2.75, 3.05) is 20.1 Å². The summed E-state index contributed by atoms with van der Waals surface area (Å²) in [4.78, 5) is 12.4. The summed E-state index contributed by atoms with van der Waals surface area (Å²) in [6, 6.07) is 0. The molecule has 1 aliphatic heterocycles. The maximum absolute atomic E-state index is 10.3. The van der Waals surface area contributed by atoms with Crippen molar-refractivity contribution >= 4 is 5.97 Å². The van der Waals surface area contributed by atoms with Gasteiger partial charge >= 0.3 is 5.97 Å². The summed E-state index contributed by atoms with van der Waals surface area (Å²) in [7, 11) is 1.94. The zero-order chi connectivity index (χ0) is 10.6. The SMILES string of the molecule is CC1CCC(CN(C)CCC(=O)O)O1. The number of carboxylic acids is 1. The highest BCUT2D eigenvalue weighted by molar-refractivity contribution is 5.66. The number of nitrogens with zero attached hydrogens (tertiary/aromatic N) is 1. The standard InChI is InChI=1S/C10H19NO3/c1-8-3-4-9(14-8)7-11(2)6-5-10(12)13/h8-9H,3-7H2,1-2H3,(H,12,13). The molecular formula is C10H19NO3. The minimum Gasteiger partial charge on any atom is -0.481 e. The summed E-state index contributed by atoms with van der Waals surface area (Å²) in [6.45, 7) is 3.53. The van der Waals surface area contributed by atoms with E-state index in [1.165, 1.54) is 0 Å². The Balaban J connectivity index is 2.13. The van der Waals surface area contributed by atoms with Crippen LogP contribution in [0.5, 0.6) is 0 Å². The highest BCUT2D eigenvalue weighted by Gasteiger charge is 2.22. The van der Waals surface area contributed by atoms with E-state index in [2.05, 4.69) is 6.92 Å². The number of rotatable bonds is 5. The summed E-state index contributed by atoms with van der Waals surface area (Å²) in [6.07, 6.45) is 3.09. The molecule has 1 rings (SSSR count). The van der Waals surface area contributed by atoms with E-state index in [1.54, 1.807) is 0 Å². The summed E-state index contributed by atoms with van der Waals surface area (Å²) >= 11 is 0. The van der Waals surface area contributed by atoms with Crippen LogP contribution >= 0.6 is 0 Å². The van der Waals surface area contributed by atoms with Gasteiger partial charge in [-0.15, -0.1) is 0 Å². The molecule has 14 heavy (non-hydrogen) atoms. The molecule has 0 bridgehead atoms. The normalized spacial score (nSPS) is 27.1. The Morgan fingerprint density at radius 2 is 2.29 bits per heavy atom. The number of ether oxygens (including phenoxy) is 1. The first-order valence-electron chi connectivity index (χ1n) is 5.13. The summed E-state index contributed by atoms with van der Waals surface area (Å²) in [5.41, 5.74) is 0. The van der Waals surface area contributed by atoms with Crippen LogP contribution in [0.1, 0.15) is 26.2 Å². The lowest BCUT2D eigenvalue weighted by Crippen LogP contribution is -2.30. The number of carbonyl (C=O) groups is 1. The van der Waals surface area contributed by atoms with Crippen LogP contribution in [-0.2, 0) is 9.53 Å². The van der Waals surface area contributed by atoms with E-state index in [0.29, 0.717) is 18.8 Å². The first-order valence-corrected chi connectivity index (χ1v) is 5.13. The van der Waals surface area contributed by atoms with Gasteiger partial charge in [-0.3, -0.25) is 4.79 Å². The minimum atomic E-state index is -0.738. The molecule has 1 saturated heterocycles. The summed E-state index contributed by atoms with van der Waals surface area (Å²) in [5, 5.41) is 8.51. The van der Waals surface area contributed by atoms with Gasteiger partial charge in [0.1, 0.15) is 0 Å². The minimum absolute atomic E-state index is 0.207. The summed E-state index contributed by atoms with van der Waals surface area (Å²) in [5.74, 6) is -0.738. The highest BCUT2D eigenvalue weighted by Crippen LogP contribution is 2.19. The Morgan fingerprint density at radius 1 is 1.57 bits per heavy atom. The summed E-state index contributed by atoms with van der Waals surface area (Å²) < 4.78 is 5.65. The smallest absolute Gasteiger partial charge is 0.304 e. The van der Waals surface area contributed by atoms with Gasteiger partial charge in [-0.1, -0.05) is 0 Å². The van der Waals surface area contributed by atoms with E-state index < -0.39 is 5.97 Å². The Labute approximate surface area is 84.8 Å². The van der Waals surface area contributed by atoms with Gasteiger partial charge in [0, 0.05) is 13.1 Å². The number of aliphatic carboxylic acids is 1. The van der Waals surface area contributed by atoms with Crippen LogP contribution in [0.4, 0.5) is 0 Å². The Kier molecular flexibility index (Phi) is 4.35. The molecule has 1 fully saturated rings. The molecule has 1 aliphatic rings. The van der Waals surface area contributed by atoms with Crippen molar-refractivity contribution in [3.05, 3.63) is 0 Å². The first kappa shape index (κ1) is 11.5. The lowest BCUT2D eigenvalue weighted by molar-refractivity contribution is -0.137. The quantitative estimate of drug-likeness (QED) is 0.719. The van der Waals surface area contributed by atoms with Crippen LogP contribution in [0, 0.1) is 0 Å². The molecule has 0 aliphatic carbocycles.